The highest BCUT2D eigenvalue weighted by Crippen LogP contribution is 2.54. The Kier molecular flexibility index (Phi) is 1.94. The van der Waals surface area contributed by atoms with Crippen molar-refractivity contribution in [2.45, 2.75) is 32.6 Å². The minimum Gasteiger partial charge on any atom is -0.481 e. The van der Waals surface area contributed by atoms with Crippen LogP contribution in [0.15, 0.2) is 12.2 Å². The minimum absolute atomic E-state index is 0.315. The van der Waals surface area contributed by atoms with Gasteiger partial charge in [-0.1, -0.05) is 25.5 Å². The first-order chi connectivity index (χ1) is 6.19. The van der Waals surface area contributed by atoms with Crippen LogP contribution in [0.3, 0.4) is 0 Å². The van der Waals surface area contributed by atoms with Gasteiger partial charge in [-0.05, 0) is 31.1 Å². The average molecular weight is 180 g/mol. The molecule has 0 radical (unpaired) electrons. The molecule has 0 spiro atoms. The van der Waals surface area contributed by atoms with Gasteiger partial charge in [0.05, 0.1) is 5.41 Å². The van der Waals surface area contributed by atoms with Gasteiger partial charge in [0.1, 0.15) is 0 Å². The summed E-state index contributed by atoms with van der Waals surface area (Å²) < 4.78 is 0. The average Bonchev–Trinajstić information content (AvgIpc) is 2.64. The molecule has 3 atom stereocenters. The van der Waals surface area contributed by atoms with E-state index >= 15 is 0 Å². The monoisotopic (exact) mass is 180 g/mol. The van der Waals surface area contributed by atoms with Gasteiger partial charge in [-0.25, -0.2) is 0 Å². The molecule has 1 saturated carbocycles. The Labute approximate surface area is 78.6 Å². The fraction of sp³-hybridized carbons (Fsp3) is 0.727. The van der Waals surface area contributed by atoms with Crippen molar-refractivity contribution >= 4 is 5.97 Å². The lowest BCUT2D eigenvalue weighted by atomic mass is 9.72. The Morgan fingerprint density at radius 1 is 1.62 bits per heavy atom. The number of rotatable bonds is 3. The maximum Gasteiger partial charge on any atom is 0.310 e. The first kappa shape index (κ1) is 8.79. The standard InChI is InChI=1S/C11H16O2/c1-2-5-11(10(12)13)7-8-3-4-9(11)6-8/h3-4,8-9H,2,5-7H2,1H3,(H,12,13). The second-order valence-electron chi connectivity index (χ2n) is 4.40. The topological polar surface area (TPSA) is 37.3 Å². The number of carboxylic acid groups (broad SMARTS) is 1. The van der Waals surface area contributed by atoms with E-state index in [0.717, 1.165) is 25.7 Å². The third kappa shape index (κ3) is 1.11. The van der Waals surface area contributed by atoms with Crippen LogP contribution in [0.4, 0.5) is 0 Å². The van der Waals surface area contributed by atoms with Gasteiger partial charge in [0.2, 0.25) is 0 Å². The number of aliphatic carboxylic acids is 1. The van der Waals surface area contributed by atoms with Crippen LogP contribution in [0.1, 0.15) is 32.6 Å². The molecule has 1 fully saturated rings. The highest BCUT2D eigenvalue weighted by Gasteiger charge is 2.52. The zero-order valence-electron chi connectivity index (χ0n) is 7.99. The Bertz CT molecular complexity index is 257. The molecule has 2 aliphatic carbocycles. The lowest BCUT2D eigenvalue weighted by Gasteiger charge is -2.30. The van der Waals surface area contributed by atoms with Gasteiger partial charge >= 0.3 is 5.97 Å². The van der Waals surface area contributed by atoms with Gasteiger partial charge in [-0.3, -0.25) is 4.79 Å². The highest BCUT2D eigenvalue weighted by atomic mass is 16.4. The highest BCUT2D eigenvalue weighted by molar-refractivity contribution is 5.76. The Morgan fingerprint density at radius 3 is 2.77 bits per heavy atom. The van der Waals surface area contributed by atoms with E-state index in [1.807, 2.05) is 0 Å². The van der Waals surface area contributed by atoms with Crippen molar-refractivity contribution in [3.8, 4) is 0 Å². The molecular formula is C11H16O2. The first-order valence-corrected chi connectivity index (χ1v) is 5.11. The number of carboxylic acids is 1. The van der Waals surface area contributed by atoms with Crippen molar-refractivity contribution in [1.29, 1.82) is 0 Å². The molecule has 3 unspecified atom stereocenters. The lowest BCUT2D eigenvalue weighted by Crippen LogP contribution is -2.34. The van der Waals surface area contributed by atoms with Crippen molar-refractivity contribution in [2.24, 2.45) is 17.3 Å². The molecule has 0 aromatic carbocycles. The predicted octanol–water partition coefficient (Wildman–Crippen LogP) is 2.45. The normalized spacial score (nSPS) is 41.3. The summed E-state index contributed by atoms with van der Waals surface area (Å²) in [5.74, 6) is 0.286. The molecule has 2 aliphatic rings. The number of allylic oxidation sites excluding steroid dienone is 2. The summed E-state index contributed by atoms with van der Waals surface area (Å²) in [6.45, 7) is 2.07. The molecule has 2 bridgehead atoms. The van der Waals surface area contributed by atoms with Crippen molar-refractivity contribution in [2.75, 3.05) is 0 Å². The Hall–Kier alpha value is -0.790. The molecule has 0 aromatic rings. The van der Waals surface area contributed by atoms with Gasteiger partial charge in [0.15, 0.2) is 0 Å². The van der Waals surface area contributed by atoms with E-state index in [4.69, 9.17) is 0 Å². The minimum atomic E-state index is -0.578. The van der Waals surface area contributed by atoms with Crippen molar-refractivity contribution < 1.29 is 9.90 Å². The maximum absolute atomic E-state index is 11.3. The number of carbonyl (C=O) groups is 1. The first-order valence-electron chi connectivity index (χ1n) is 5.11. The van der Waals surface area contributed by atoms with Gasteiger partial charge in [-0.2, -0.15) is 0 Å². The largest absolute Gasteiger partial charge is 0.481 e. The van der Waals surface area contributed by atoms with Crippen molar-refractivity contribution in [3.05, 3.63) is 12.2 Å². The van der Waals surface area contributed by atoms with E-state index in [1.165, 1.54) is 0 Å². The van der Waals surface area contributed by atoms with Gasteiger partial charge < -0.3 is 5.11 Å². The summed E-state index contributed by atoms with van der Waals surface area (Å²) >= 11 is 0. The Morgan fingerprint density at radius 2 is 2.38 bits per heavy atom. The van der Waals surface area contributed by atoms with Crippen molar-refractivity contribution in [1.82, 2.24) is 0 Å². The molecule has 72 valence electrons. The molecule has 2 heteroatoms. The number of fused-ring (bicyclic) bond motifs is 2. The fourth-order valence-corrected chi connectivity index (χ4v) is 3.04. The van der Waals surface area contributed by atoms with E-state index in [-0.39, 0.29) is 0 Å². The van der Waals surface area contributed by atoms with Crippen LogP contribution in [0, 0.1) is 17.3 Å². The molecule has 0 aliphatic heterocycles. The molecule has 1 N–H and O–H groups in total. The van der Waals surface area contributed by atoms with E-state index in [9.17, 15) is 9.90 Å². The van der Waals surface area contributed by atoms with Crippen LogP contribution in [0.25, 0.3) is 0 Å². The van der Waals surface area contributed by atoms with Crippen molar-refractivity contribution in [3.63, 3.8) is 0 Å². The molecule has 2 nitrogen and oxygen atoms in total. The smallest absolute Gasteiger partial charge is 0.310 e. The molecule has 2 rings (SSSR count). The van der Waals surface area contributed by atoms with E-state index in [1.54, 1.807) is 0 Å². The number of hydrogen-bond donors (Lipinski definition) is 1. The van der Waals surface area contributed by atoms with Crippen LogP contribution < -0.4 is 0 Å². The maximum atomic E-state index is 11.3. The van der Waals surface area contributed by atoms with Crippen LogP contribution in [-0.2, 0) is 4.79 Å². The van der Waals surface area contributed by atoms with Crippen LogP contribution in [-0.4, -0.2) is 11.1 Å². The summed E-state index contributed by atoms with van der Waals surface area (Å²) in [5, 5.41) is 9.28. The zero-order valence-corrected chi connectivity index (χ0v) is 7.99. The summed E-state index contributed by atoms with van der Waals surface area (Å²) in [4.78, 5) is 11.3. The molecule has 0 aromatic heterocycles. The third-order valence-electron chi connectivity index (χ3n) is 3.63. The third-order valence-corrected chi connectivity index (χ3v) is 3.63. The van der Waals surface area contributed by atoms with E-state index in [2.05, 4.69) is 19.1 Å². The summed E-state index contributed by atoms with van der Waals surface area (Å²) in [5.41, 5.74) is -0.409. The summed E-state index contributed by atoms with van der Waals surface area (Å²) in [6.07, 6.45) is 8.08. The molecular weight excluding hydrogens is 164 g/mol. The summed E-state index contributed by atoms with van der Waals surface area (Å²) in [7, 11) is 0. The second kappa shape index (κ2) is 2.86. The molecule has 0 heterocycles. The zero-order chi connectivity index (χ0) is 9.47. The van der Waals surface area contributed by atoms with Crippen LogP contribution in [0.5, 0.6) is 0 Å². The van der Waals surface area contributed by atoms with Gasteiger partial charge in [0, 0.05) is 0 Å². The molecule has 0 saturated heterocycles. The number of hydrogen-bond acceptors (Lipinski definition) is 1. The van der Waals surface area contributed by atoms with E-state index in [0.29, 0.717) is 11.8 Å². The van der Waals surface area contributed by atoms with Gasteiger partial charge in [0.25, 0.3) is 0 Å². The predicted molar refractivity (Wildman–Crippen MR) is 50.3 cm³/mol. The van der Waals surface area contributed by atoms with E-state index < -0.39 is 11.4 Å². The fourth-order valence-electron chi connectivity index (χ4n) is 3.04. The molecule has 13 heavy (non-hydrogen) atoms. The SMILES string of the molecule is CCCC1(C(=O)O)CC2C=CC1C2. The van der Waals surface area contributed by atoms with Gasteiger partial charge in [-0.15, -0.1) is 0 Å². The second-order valence-corrected chi connectivity index (χ2v) is 4.40. The van der Waals surface area contributed by atoms with Crippen LogP contribution >= 0.6 is 0 Å². The lowest BCUT2D eigenvalue weighted by molar-refractivity contribution is -0.151. The summed E-state index contributed by atoms with van der Waals surface area (Å²) in [6, 6.07) is 0. The Balaban J connectivity index is 2.25. The molecule has 0 amide bonds. The quantitative estimate of drug-likeness (QED) is 0.677. The van der Waals surface area contributed by atoms with Crippen LogP contribution in [0.2, 0.25) is 0 Å².